The maximum Gasteiger partial charge on any atom is 0.129 e. The third-order valence-electron chi connectivity index (χ3n) is 3.78. The van der Waals surface area contributed by atoms with Gasteiger partial charge in [-0.3, -0.25) is 4.90 Å². The maximum absolute atomic E-state index is 13.9. The first kappa shape index (κ1) is 14.4. The fourth-order valence-electron chi connectivity index (χ4n) is 2.53. The molecule has 0 aliphatic heterocycles. The quantitative estimate of drug-likeness (QED) is 0.887. The molecule has 0 radical (unpaired) electrons. The Labute approximate surface area is 128 Å². The number of halogens is 2. The highest BCUT2D eigenvalue weighted by Crippen LogP contribution is 2.32. The Bertz CT molecular complexity index is 622. The highest BCUT2D eigenvalue weighted by atomic mass is 35.5. The van der Waals surface area contributed by atoms with Gasteiger partial charge in [-0.2, -0.15) is 0 Å². The molecule has 1 N–H and O–H groups in total. The maximum atomic E-state index is 13.9. The Morgan fingerprint density at radius 3 is 2.57 bits per heavy atom. The van der Waals surface area contributed by atoms with Crippen molar-refractivity contribution in [1.82, 2.24) is 4.90 Å². The van der Waals surface area contributed by atoms with Crippen molar-refractivity contribution in [2.75, 3.05) is 0 Å². The first-order valence-electron chi connectivity index (χ1n) is 7.08. The van der Waals surface area contributed by atoms with Crippen LogP contribution in [0.1, 0.15) is 24.0 Å². The van der Waals surface area contributed by atoms with Crippen molar-refractivity contribution in [3.63, 3.8) is 0 Å². The minimum atomic E-state index is -0.260. The van der Waals surface area contributed by atoms with Crippen LogP contribution >= 0.6 is 11.6 Å². The average molecular weight is 306 g/mol. The van der Waals surface area contributed by atoms with E-state index in [1.165, 1.54) is 6.07 Å². The lowest BCUT2D eigenvalue weighted by atomic mass is 10.1. The zero-order valence-electron chi connectivity index (χ0n) is 11.6. The van der Waals surface area contributed by atoms with Crippen LogP contribution in [0.15, 0.2) is 42.5 Å². The molecule has 110 valence electrons. The first-order valence-corrected chi connectivity index (χ1v) is 7.46. The molecule has 2 aromatic carbocycles. The van der Waals surface area contributed by atoms with E-state index >= 15 is 0 Å². The summed E-state index contributed by atoms with van der Waals surface area (Å²) in [5.74, 6) is -0.00349. The van der Waals surface area contributed by atoms with Crippen LogP contribution in [0.3, 0.4) is 0 Å². The standard InChI is InChI=1S/C17H17ClFNO/c18-16-5-2-6-17(19)15(16)11-20(13-7-8-13)10-12-3-1-4-14(21)9-12/h1-6,9,13,21H,7-8,10-11H2. The van der Waals surface area contributed by atoms with Crippen LogP contribution in [0, 0.1) is 5.82 Å². The summed E-state index contributed by atoms with van der Waals surface area (Å²) >= 11 is 6.12. The van der Waals surface area contributed by atoms with Crippen LogP contribution in [-0.2, 0) is 13.1 Å². The number of benzene rings is 2. The molecule has 21 heavy (non-hydrogen) atoms. The summed E-state index contributed by atoms with van der Waals surface area (Å²) in [6.45, 7) is 1.18. The monoisotopic (exact) mass is 305 g/mol. The van der Waals surface area contributed by atoms with Gasteiger partial charge in [0.25, 0.3) is 0 Å². The van der Waals surface area contributed by atoms with Crippen LogP contribution in [0.25, 0.3) is 0 Å². The predicted molar refractivity (Wildman–Crippen MR) is 81.8 cm³/mol. The van der Waals surface area contributed by atoms with Crippen molar-refractivity contribution in [2.24, 2.45) is 0 Å². The second-order valence-corrected chi connectivity index (χ2v) is 5.91. The Morgan fingerprint density at radius 2 is 1.90 bits per heavy atom. The summed E-state index contributed by atoms with van der Waals surface area (Å²) < 4.78 is 13.9. The van der Waals surface area contributed by atoms with E-state index in [2.05, 4.69) is 4.90 Å². The molecular weight excluding hydrogens is 289 g/mol. The lowest BCUT2D eigenvalue weighted by molar-refractivity contribution is 0.242. The summed E-state index contributed by atoms with van der Waals surface area (Å²) in [7, 11) is 0. The fraction of sp³-hybridized carbons (Fsp3) is 0.294. The average Bonchev–Trinajstić information content (AvgIpc) is 3.26. The zero-order valence-corrected chi connectivity index (χ0v) is 12.4. The van der Waals surface area contributed by atoms with Gasteiger partial charge in [-0.1, -0.05) is 29.8 Å². The second kappa shape index (κ2) is 6.04. The van der Waals surface area contributed by atoms with Gasteiger partial charge >= 0.3 is 0 Å². The van der Waals surface area contributed by atoms with E-state index in [0.29, 0.717) is 29.7 Å². The Hall–Kier alpha value is -1.58. The van der Waals surface area contributed by atoms with Crippen LogP contribution < -0.4 is 0 Å². The number of hydrogen-bond acceptors (Lipinski definition) is 2. The van der Waals surface area contributed by atoms with Crippen molar-refractivity contribution in [3.8, 4) is 5.75 Å². The molecule has 0 atom stereocenters. The molecule has 3 rings (SSSR count). The lowest BCUT2D eigenvalue weighted by Crippen LogP contribution is -2.25. The Morgan fingerprint density at radius 1 is 1.14 bits per heavy atom. The molecule has 0 aromatic heterocycles. The molecule has 0 bridgehead atoms. The number of rotatable bonds is 5. The molecule has 2 nitrogen and oxygen atoms in total. The summed E-state index contributed by atoms with van der Waals surface area (Å²) in [5, 5.41) is 10.0. The molecule has 1 aliphatic rings. The minimum absolute atomic E-state index is 0.257. The van der Waals surface area contributed by atoms with Crippen molar-refractivity contribution >= 4 is 11.6 Å². The molecule has 4 heteroatoms. The van der Waals surface area contributed by atoms with Gasteiger partial charge in [0.15, 0.2) is 0 Å². The van der Waals surface area contributed by atoms with Crippen molar-refractivity contribution < 1.29 is 9.50 Å². The van der Waals surface area contributed by atoms with E-state index < -0.39 is 0 Å². The third kappa shape index (κ3) is 3.55. The summed E-state index contributed by atoms with van der Waals surface area (Å²) in [4.78, 5) is 2.22. The lowest BCUT2D eigenvalue weighted by Gasteiger charge is -2.23. The van der Waals surface area contributed by atoms with E-state index in [1.54, 1.807) is 24.3 Å². The smallest absolute Gasteiger partial charge is 0.129 e. The number of phenolic OH excluding ortho intramolecular Hbond substituents is 1. The SMILES string of the molecule is Oc1cccc(CN(Cc2c(F)cccc2Cl)C2CC2)c1. The van der Waals surface area contributed by atoms with Gasteiger partial charge in [0.2, 0.25) is 0 Å². The van der Waals surface area contributed by atoms with E-state index in [9.17, 15) is 9.50 Å². The van der Waals surface area contributed by atoms with Crippen molar-refractivity contribution in [1.29, 1.82) is 0 Å². The molecule has 0 heterocycles. The largest absolute Gasteiger partial charge is 0.508 e. The summed E-state index contributed by atoms with van der Waals surface area (Å²) in [6, 6.07) is 12.5. The van der Waals surface area contributed by atoms with Gasteiger partial charge in [0, 0.05) is 29.7 Å². The van der Waals surface area contributed by atoms with Crippen LogP contribution in [0.2, 0.25) is 5.02 Å². The molecule has 0 unspecified atom stereocenters. The molecule has 1 aliphatic carbocycles. The van der Waals surface area contributed by atoms with Gasteiger partial charge in [-0.05, 0) is 42.7 Å². The molecule has 0 spiro atoms. The third-order valence-corrected chi connectivity index (χ3v) is 4.14. The Kier molecular flexibility index (Phi) is 4.13. The topological polar surface area (TPSA) is 23.5 Å². The van der Waals surface area contributed by atoms with E-state index in [1.807, 2.05) is 12.1 Å². The molecule has 1 fully saturated rings. The molecule has 0 amide bonds. The number of hydrogen-bond donors (Lipinski definition) is 1. The van der Waals surface area contributed by atoms with Gasteiger partial charge < -0.3 is 5.11 Å². The van der Waals surface area contributed by atoms with Gasteiger partial charge in [0.1, 0.15) is 11.6 Å². The van der Waals surface area contributed by atoms with Gasteiger partial charge in [-0.15, -0.1) is 0 Å². The summed E-state index contributed by atoms with van der Waals surface area (Å²) in [5.41, 5.74) is 1.57. The normalized spacial score (nSPS) is 14.6. The van der Waals surface area contributed by atoms with Crippen molar-refractivity contribution in [2.45, 2.75) is 32.0 Å². The Balaban J connectivity index is 1.79. The molecule has 2 aromatic rings. The zero-order chi connectivity index (χ0) is 14.8. The van der Waals surface area contributed by atoms with Crippen LogP contribution in [0.5, 0.6) is 5.75 Å². The van der Waals surface area contributed by atoms with Gasteiger partial charge in [-0.25, -0.2) is 4.39 Å². The van der Waals surface area contributed by atoms with E-state index in [4.69, 9.17) is 11.6 Å². The fourth-order valence-corrected chi connectivity index (χ4v) is 2.75. The number of nitrogens with zero attached hydrogens (tertiary/aromatic N) is 1. The minimum Gasteiger partial charge on any atom is -0.508 e. The highest BCUT2D eigenvalue weighted by Gasteiger charge is 2.30. The second-order valence-electron chi connectivity index (χ2n) is 5.51. The number of phenols is 1. The molecule has 0 saturated heterocycles. The van der Waals surface area contributed by atoms with Crippen LogP contribution in [0.4, 0.5) is 4.39 Å². The predicted octanol–water partition coefficient (Wildman–Crippen LogP) is 4.35. The van der Waals surface area contributed by atoms with Crippen molar-refractivity contribution in [3.05, 3.63) is 64.4 Å². The first-order chi connectivity index (χ1) is 10.1. The highest BCUT2D eigenvalue weighted by molar-refractivity contribution is 6.31. The van der Waals surface area contributed by atoms with E-state index in [0.717, 1.165) is 18.4 Å². The molecular formula is C17H17ClFNO. The number of aromatic hydroxyl groups is 1. The summed E-state index contributed by atoms with van der Waals surface area (Å²) in [6.07, 6.45) is 2.26. The van der Waals surface area contributed by atoms with E-state index in [-0.39, 0.29) is 11.6 Å². The van der Waals surface area contributed by atoms with Gasteiger partial charge in [0.05, 0.1) is 0 Å². The van der Waals surface area contributed by atoms with Crippen LogP contribution in [-0.4, -0.2) is 16.0 Å². The molecule has 1 saturated carbocycles.